The number of piperazine rings is 1. The Balaban J connectivity index is 0.00000423. The van der Waals surface area contributed by atoms with E-state index in [1.165, 1.54) is 12.1 Å². The topological polar surface area (TPSA) is 108 Å². The second kappa shape index (κ2) is 13.4. The van der Waals surface area contributed by atoms with Crippen molar-refractivity contribution in [2.75, 3.05) is 39.3 Å². The number of ketones is 1. The van der Waals surface area contributed by atoms with Crippen molar-refractivity contribution < 1.29 is 23.5 Å². The Morgan fingerprint density at radius 3 is 2.35 bits per heavy atom. The Morgan fingerprint density at radius 2 is 1.70 bits per heavy atom. The van der Waals surface area contributed by atoms with Gasteiger partial charge in [-0.3, -0.25) is 14.4 Å². The van der Waals surface area contributed by atoms with Crippen LogP contribution in [0.25, 0.3) is 0 Å². The van der Waals surface area contributed by atoms with Crippen molar-refractivity contribution >= 4 is 30.0 Å². The van der Waals surface area contributed by atoms with Crippen molar-refractivity contribution in [1.29, 1.82) is 0 Å². The molecule has 9 nitrogen and oxygen atoms in total. The number of benzene rings is 2. The zero-order valence-electron chi connectivity index (χ0n) is 24.8. The quantitative estimate of drug-likeness (QED) is 0.424. The number of hydrogen-bond donors (Lipinski definition) is 2. The molecule has 11 heteroatoms. The van der Waals surface area contributed by atoms with Gasteiger partial charge in [-0.25, -0.2) is 4.39 Å². The molecule has 232 valence electrons. The number of nitrogens with zero attached hydrogens (tertiary/aromatic N) is 3. The van der Waals surface area contributed by atoms with E-state index in [1.807, 2.05) is 30.3 Å². The summed E-state index contributed by atoms with van der Waals surface area (Å²) in [5, 5.41) is 2.79. The molecule has 0 aromatic heterocycles. The summed E-state index contributed by atoms with van der Waals surface area (Å²) in [4.78, 5) is 46.8. The molecule has 3 aliphatic heterocycles. The highest BCUT2D eigenvalue weighted by atomic mass is 35.5. The maximum absolute atomic E-state index is 14.1. The van der Waals surface area contributed by atoms with Gasteiger partial charge in [0.25, 0.3) is 0 Å². The Labute approximate surface area is 258 Å². The van der Waals surface area contributed by atoms with E-state index in [0.717, 1.165) is 42.9 Å². The number of halogens is 2. The van der Waals surface area contributed by atoms with Crippen molar-refractivity contribution in [3.05, 3.63) is 83.4 Å². The smallest absolute Gasteiger partial charge is 0.247 e. The minimum absolute atomic E-state index is 0. The van der Waals surface area contributed by atoms with Crippen LogP contribution in [0.1, 0.15) is 37.8 Å². The van der Waals surface area contributed by atoms with Crippen LogP contribution in [0.3, 0.4) is 0 Å². The van der Waals surface area contributed by atoms with Crippen LogP contribution in [0.4, 0.5) is 4.39 Å². The lowest BCUT2D eigenvalue weighted by molar-refractivity contribution is -0.145. The van der Waals surface area contributed by atoms with Crippen LogP contribution in [0.15, 0.2) is 66.5 Å². The maximum Gasteiger partial charge on any atom is 0.247 e. The number of nitrogens with one attached hydrogen (secondary N) is 1. The molecule has 2 fully saturated rings. The summed E-state index contributed by atoms with van der Waals surface area (Å²) in [5.41, 5.74) is 5.56. The molecule has 0 unspecified atom stereocenters. The zero-order chi connectivity index (χ0) is 29.9. The third-order valence-electron chi connectivity index (χ3n) is 8.29. The minimum atomic E-state index is -1.20. The number of likely N-dealkylation sites (tertiary alicyclic amines) is 1. The van der Waals surface area contributed by atoms with Crippen LogP contribution in [0.2, 0.25) is 0 Å². The van der Waals surface area contributed by atoms with E-state index >= 15 is 0 Å². The van der Waals surface area contributed by atoms with Crippen LogP contribution < -0.4 is 11.1 Å². The monoisotopic (exact) mass is 613 g/mol. The van der Waals surface area contributed by atoms with Crippen LogP contribution in [0, 0.1) is 5.82 Å². The molecule has 0 spiro atoms. The van der Waals surface area contributed by atoms with Crippen molar-refractivity contribution in [3.63, 3.8) is 0 Å². The van der Waals surface area contributed by atoms with Crippen molar-refractivity contribution in [1.82, 2.24) is 20.0 Å². The molecule has 0 aliphatic carbocycles. The maximum atomic E-state index is 14.1. The van der Waals surface area contributed by atoms with Gasteiger partial charge in [0.05, 0.1) is 25.3 Å². The fraction of sp³-hybridized carbons (Fsp3) is 0.469. The first kappa shape index (κ1) is 32.4. The van der Waals surface area contributed by atoms with Crippen LogP contribution >= 0.6 is 12.4 Å². The van der Waals surface area contributed by atoms with Crippen molar-refractivity contribution in [3.8, 4) is 0 Å². The summed E-state index contributed by atoms with van der Waals surface area (Å²) < 4.78 is 19.6. The highest BCUT2D eigenvalue weighted by Gasteiger charge is 2.54. The van der Waals surface area contributed by atoms with Gasteiger partial charge in [-0.05, 0) is 49.9 Å². The molecular formula is C32H41ClFN5O4. The lowest BCUT2D eigenvalue weighted by Crippen LogP contribution is -2.67. The molecule has 2 amide bonds. The largest absolute Gasteiger partial charge is 0.374 e. The molecule has 2 aromatic rings. The number of amides is 2. The van der Waals surface area contributed by atoms with E-state index < -0.39 is 23.0 Å². The fourth-order valence-corrected chi connectivity index (χ4v) is 5.97. The minimum Gasteiger partial charge on any atom is -0.374 e. The van der Waals surface area contributed by atoms with Crippen LogP contribution in [0.5, 0.6) is 0 Å². The normalized spacial score (nSPS) is 20.8. The summed E-state index contributed by atoms with van der Waals surface area (Å²) in [5.74, 6) is -0.332. The number of hydrogen-bond acceptors (Lipinski definition) is 7. The molecule has 3 heterocycles. The fourth-order valence-electron chi connectivity index (χ4n) is 5.97. The first-order valence-corrected chi connectivity index (χ1v) is 14.6. The Bertz CT molecular complexity index is 1330. The molecule has 2 atom stereocenters. The summed E-state index contributed by atoms with van der Waals surface area (Å²) >= 11 is 0. The molecule has 3 N–H and O–H groups in total. The second-order valence-corrected chi connectivity index (χ2v) is 12.1. The summed E-state index contributed by atoms with van der Waals surface area (Å²) in [6.07, 6.45) is 4.16. The lowest BCUT2D eigenvalue weighted by Gasteiger charge is -2.49. The van der Waals surface area contributed by atoms with E-state index in [9.17, 15) is 18.8 Å². The Morgan fingerprint density at radius 1 is 1.02 bits per heavy atom. The molecule has 0 bridgehead atoms. The van der Waals surface area contributed by atoms with Crippen molar-refractivity contribution in [2.45, 2.75) is 56.8 Å². The average Bonchev–Trinajstić information content (AvgIpc) is 3.60. The van der Waals surface area contributed by atoms with Crippen molar-refractivity contribution in [2.24, 2.45) is 5.73 Å². The third-order valence-corrected chi connectivity index (χ3v) is 8.29. The summed E-state index contributed by atoms with van der Waals surface area (Å²) in [7, 11) is 0. The number of fused-ring (bicyclic) bond motifs is 1. The molecule has 0 radical (unpaired) electrons. The molecule has 0 saturated carbocycles. The van der Waals surface area contributed by atoms with E-state index in [-0.39, 0.29) is 49.7 Å². The van der Waals surface area contributed by atoms with Gasteiger partial charge in [-0.15, -0.1) is 12.4 Å². The van der Waals surface area contributed by atoms with Gasteiger partial charge >= 0.3 is 0 Å². The van der Waals surface area contributed by atoms with Gasteiger partial charge in [0.1, 0.15) is 23.2 Å². The first-order chi connectivity index (χ1) is 20.1. The average molecular weight is 614 g/mol. The standard InChI is InChI=1S/C32H40FN5O4.ClH/c1-31(2,34)30(41)35-26(21-42-20-24-8-4-3-5-9-24)29(40)37-16-17-38-28(36-14-6-7-15-36)18-27(39)32(38,22-37)19-23-10-12-25(33)13-11-23;/h3-5,8-13,18,26H,6-7,14-17,19-22,34H2,1-2H3,(H,35,41);1H/t26-,32+;/m1./s1. The number of carbonyl (C=O) groups excluding carboxylic acids is 3. The Kier molecular flexibility index (Phi) is 10.1. The molecule has 43 heavy (non-hydrogen) atoms. The highest BCUT2D eigenvalue weighted by Crippen LogP contribution is 2.38. The molecular weight excluding hydrogens is 573 g/mol. The first-order valence-electron chi connectivity index (χ1n) is 14.6. The van der Waals surface area contributed by atoms with E-state index in [2.05, 4.69) is 15.1 Å². The van der Waals surface area contributed by atoms with Gasteiger partial charge < -0.3 is 30.5 Å². The molecule has 3 aliphatic rings. The van der Waals surface area contributed by atoms with E-state index in [4.69, 9.17) is 10.5 Å². The molecule has 5 rings (SSSR count). The van der Waals surface area contributed by atoms with E-state index in [0.29, 0.717) is 19.5 Å². The zero-order valence-corrected chi connectivity index (χ0v) is 25.6. The van der Waals surface area contributed by atoms with Gasteiger partial charge in [-0.1, -0.05) is 42.5 Å². The number of ether oxygens (including phenoxy) is 1. The van der Waals surface area contributed by atoms with Gasteiger partial charge in [-0.2, -0.15) is 0 Å². The van der Waals surface area contributed by atoms with Gasteiger partial charge in [0, 0.05) is 38.7 Å². The Hall–Kier alpha value is -3.47. The molecule has 2 aromatic carbocycles. The van der Waals surface area contributed by atoms with Gasteiger partial charge in [0.15, 0.2) is 5.78 Å². The van der Waals surface area contributed by atoms with Crippen LogP contribution in [-0.4, -0.2) is 88.7 Å². The number of nitrogens with two attached hydrogens (primary N) is 1. The predicted octanol–water partition coefficient (Wildman–Crippen LogP) is 2.63. The van der Waals surface area contributed by atoms with E-state index in [1.54, 1.807) is 37.0 Å². The number of rotatable bonds is 10. The van der Waals surface area contributed by atoms with Crippen LogP contribution in [-0.2, 0) is 32.1 Å². The number of carbonyl (C=O) groups is 3. The highest BCUT2D eigenvalue weighted by molar-refractivity contribution is 6.02. The summed E-state index contributed by atoms with van der Waals surface area (Å²) in [6.45, 7) is 6.10. The summed E-state index contributed by atoms with van der Waals surface area (Å²) in [6, 6.07) is 14.7. The SMILES string of the molecule is CC(C)(N)C(=O)N[C@H](COCc1ccccc1)C(=O)N1CCN2C(N3CCCC3)=CC(=O)[C@]2(Cc2ccc(F)cc2)C1.Cl. The molecule has 2 saturated heterocycles. The predicted molar refractivity (Wildman–Crippen MR) is 164 cm³/mol. The third kappa shape index (κ3) is 7.20. The lowest BCUT2D eigenvalue weighted by atomic mass is 9.84. The second-order valence-electron chi connectivity index (χ2n) is 12.1. The van der Waals surface area contributed by atoms with Gasteiger partial charge in [0.2, 0.25) is 11.8 Å².